The molecule has 1 aliphatic carbocycles. The van der Waals surface area contributed by atoms with E-state index in [1.165, 1.54) is 6.08 Å². The molecule has 0 bridgehead atoms. The van der Waals surface area contributed by atoms with Crippen LogP contribution in [0.25, 0.3) is 0 Å². The summed E-state index contributed by atoms with van der Waals surface area (Å²) in [6.07, 6.45) is 1.33. The van der Waals surface area contributed by atoms with E-state index >= 15 is 0 Å². The zero-order valence-corrected chi connectivity index (χ0v) is 7.70. The molecule has 1 aliphatic rings. The Morgan fingerprint density at radius 1 is 1.21 bits per heavy atom. The topological polar surface area (TPSA) is 60.2 Å². The highest BCUT2D eigenvalue weighted by Gasteiger charge is 2.24. The van der Waals surface area contributed by atoms with Crippen LogP contribution in [-0.4, -0.2) is 11.6 Å². The van der Waals surface area contributed by atoms with E-state index in [0.29, 0.717) is 22.4 Å². The number of allylic oxidation sites excluding steroid dienone is 2. The van der Waals surface area contributed by atoms with E-state index in [4.69, 9.17) is 5.73 Å². The number of carbonyl (C=O) groups is 2. The van der Waals surface area contributed by atoms with Gasteiger partial charge in [0, 0.05) is 16.8 Å². The van der Waals surface area contributed by atoms with Gasteiger partial charge in [0.1, 0.15) is 0 Å². The Morgan fingerprint density at radius 3 is 2.64 bits per heavy atom. The number of ketones is 2. The lowest BCUT2D eigenvalue weighted by atomic mass is 9.89. The molecule has 14 heavy (non-hydrogen) atoms. The summed E-state index contributed by atoms with van der Waals surface area (Å²) in [4.78, 5) is 23.2. The molecular weight excluding hydrogens is 178 g/mol. The van der Waals surface area contributed by atoms with Gasteiger partial charge in [-0.3, -0.25) is 9.59 Å². The number of anilines is 1. The zero-order valence-electron chi connectivity index (χ0n) is 7.70. The number of hydrogen-bond acceptors (Lipinski definition) is 3. The lowest BCUT2D eigenvalue weighted by Gasteiger charge is -2.13. The quantitative estimate of drug-likeness (QED) is 0.627. The molecule has 0 fully saturated rings. The molecule has 2 N–H and O–H groups in total. The van der Waals surface area contributed by atoms with Crippen LogP contribution >= 0.6 is 0 Å². The van der Waals surface area contributed by atoms with Gasteiger partial charge in [-0.25, -0.2) is 0 Å². The predicted octanol–water partition coefficient (Wildman–Crippen LogP) is 1.59. The number of rotatable bonds is 0. The van der Waals surface area contributed by atoms with Crippen molar-refractivity contribution < 1.29 is 9.59 Å². The van der Waals surface area contributed by atoms with Gasteiger partial charge in [0.2, 0.25) is 0 Å². The van der Waals surface area contributed by atoms with Crippen LogP contribution < -0.4 is 5.73 Å². The first kappa shape index (κ1) is 8.69. The fourth-order valence-electron chi connectivity index (χ4n) is 1.58. The van der Waals surface area contributed by atoms with Gasteiger partial charge in [-0.15, -0.1) is 0 Å². The molecule has 70 valence electrons. The van der Waals surface area contributed by atoms with Crippen LogP contribution in [0.4, 0.5) is 5.69 Å². The second-order valence-corrected chi connectivity index (χ2v) is 3.29. The zero-order chi connectivity index (χ0) is 10.3. The third-order valence-corrected chi connectivity index (χ3v) is 2.29. The first-order chi connectivity index (χ1) is 6.61. The molecule has 0 aliphatic heterocycles. The number of benzene rings is 1. The van der Waals surface area contributed by atoms with E-state index in [9.17, 15) is 9.59 Å². The highest BCUT2D eigenvalue weighted by Crippen LogP contribution is 2.25. The molecule has 0 heterocycles. The van der Waals surface area contributed by atoms with Gasteiger partial charge in [0.15, 0.2) is 11.6 Å². The Bertz CT molecular complexity index is 472. The van der Waals surface area contributed by atoms with Gasteiger partial charge in [-0.2, -0.15) is 0 Å². The number of fused-ring (bicyclic) bond motifs is 1. The Hall–Kier alpha value is -1.90. The van der Waals surface area contributed by atoms with Crippen molar-refractivity contribution in [2.24, 2.45) is 0 Å². The summed E-state index contributed by atoms with van der Waals surface area (Å²) in [6, 6.07) is 4.93. The number of nitrogens with two attached hydrogens (primary N) is 1. The summed E-state index contributed by atoms with van der Waals surface area (Å²) in [5.74, 6) is -0.304. The average molecular weight is 187 g/mol. The highest BCUT2D eigenvalue weighted by molar-refractivity contribution is 6.26. The van der Waals surface area contributed by atoms with Crippen molar-refractivity contribution in [3.63, 3.8) is 0 Å². The fourth-order valence-corrected chi connectivity index (χ4v) is 1.58. The lowest BCUT2D eigenvalue weighted by molar-refractivity contribution is 0.0985. The van der Waals surface area contributed by atoms with E-state index < -0.39 is 0 Å². The van der Waals surface area contributed by atoms with E-state index in [0.717, 1.165) is 0 Å². The second kappa shape index (κ2) is 2.80. The maximum Gasteiger partial charge on any atom is 0.189 e. The second-order valence-electron chi connectivity index (χ2n) is 3.29. The summed E-state index contributed by atoms with van der Waals surface area (Å²) >= 11 is 0. The smallest absolute Gasteiger partial charge is 0.189 e. The van der Waals surface area contributed by atoms with Gasteiger partial charge in [-0.05, 0) is 19.1 Å². The third kappa shape index (κ3) is 1.06. The molecular formula is C11H9NO2. The Balaban J connectivity index is 2.75. The van der Waals surface area contributed by atoms with Gasteiger partial charge in [0.25, 0.3) is 0 Å². The average Bonchev–Trinajstić information content (AvgIpc) is 2.14. The standard InChI is InChI=1S/C11H9NO2/c1-6-5-9(13)10-7(11(6)14)3-2-4-8(10)12/h2-5H,12H2,1H3. The Morgan fingerprint density at radius 2 is 1.93 bits per heavy atom. The molecule has 1 aromatic rings. The number of nitrogen functional groups attached to an aromatic ring is 1. The van der Waals surface area contributed by atoms with Gasteiger partial charge >= 0.3 is 0 Å². The van der Waals surface area contributed by atoms with Crippen molar-refractivity contribution in [2.45, 2.75) is 6.92 Å². The first-order valence-corrected chi connectivity index (χ1v) is 4.27. The highest BCUT2D eigenvalue weighted by atomic mass is 16.1. The lowest BCUT2D eigenvalue weighted by Crippen LogP contribution is -2.17. The van der Waals surface area contributed by atoms with Crippen molar-refractivity contribution >= 4 is 17.3 Å². The van der Waals surface area contributed by atoms with Crippen molar-refractivity contribution in [3.05, 3.63) is 41.0 Å². The minimum absolute atomic E-state index is 0.119. The normalized spacial score (nSPS) is 15.1. The minimum atomic E-state index is -0.185. The summed E-state index contributed by atoms with van der Waals surface area (Å²) in [7, 11) is 0. The molecule has 0 saturated heterocycles. The van der Waals surface area contributed by atoms with Crippen LogP contribution in [0.5, 0.6) is 0 Å². The maximum absolute atomic E-state index is 11.6. The molecule has 0 aromatic heterocycles. The van der Waals surface area contributed by atoms with E-state index in [2.05, 4.69) is 0 Å². The van der Waals surface area contributed by atoms with Crippen molar-refractivity contribution in [1.29, 1.82) is 0 Å². The van der Waals surface area contributed by atoms with Gasteiger partial charge in [0.05, 0.1) is 5.56 Å². The van der Waals surface area contributed by atoms with E-state index in [1.807, 2.05) is 0 Å². The van der Waals surface area contributed by atoms with Crippen LogP contribution in [0.1, 0.15) is 27.6 Å². The first-order valence-electron chi connectivity index (χ1n) is 4.27. The summed E-state index contributed by atoms with van der Waals surface area (Å²) in [5, 5.41) is 0. The number of hydrogen-bond donors (Lipinski definition) is 1. The minimum Gasteiger partial charge on any atom is -0.398 e. The number of carbonyl (C=O) groups excluding carboxylic acids is 2. The van der Waals surface area contributed by atoms with Gasteiger partial charge in [-0.1, -0.05) is 12.1 Å². The molecule has 0 saturated carbocycles. The third-order valence-electron chi connectivity index (χ3n) is 2.29. The van der Waals surface area contributed by atoms with Crippen LogP contribution in [0, 0.1) is 0 Å². The van der Waals surface area contributed by atoms with Crippen molar-refractivity contribution in [1.82, 2.24) is 0 Å². The molecule has 3 nitrogen and oxygen atoms in total. The SMILES string of the molecule is CC1=CC(=O)c2c(N)cccc2C1=O. The largest absolute Gasteiger partial charge is 0.398 e. The summed E-state index contributed by atoms with van der Waals surface area (Å²) in [5.41, 5.74) is 7.22. The molecule has 0 unspecified atom stereocenters. The fraction of sp³-hybridized carbons (Fsp3) is 0.0909. The number of Topliss-reactive ketones (excluding diaryl/α,β-unsaturated/α-hetero) is 1. The van der Waals surface area contributed by atoms with E-state index in [1.54, 1.807) is 25.1 Å². The summed E-state index contributed by atoms with van der Waals surface area (Å²) < 4.78 is 0. The maximum atomic E-state index is 11.6. The summed E-state index contributed by atoms with van der Waals surface area (Å²) in [6.45, 7) is 1.63. The molecule has 0 amide bonds. The Labute approximate surface area is 81.2 Å². The van der Waals surface area contributed by atoms with Crippen LogP contribution in [0.3, 0.4) is 0 Å². The predicted molar refractivity (Wildman–Crippen MR) is 53.3 cm³/mol. The molecule has 0 atom stereocenters. The van der Waals surface area contributed by atoms with Crippen LogP contribution in [0.15, 0.2) is 29.8 Å². The molecule has 1 aromatic carbocycles. The van der Waals surface area contributed by atoms with E-state index in [-0.39, 0.29) is 11.6 Å². The molecule has 3 heteroatoms. The van der Waals surface area contributed by atoms with Crippen LogP contribution in [-0.2, 0) is 0 Å². The molecule has 0 spiro atoms. The van der Waals surface area contributed by atoms with Crippen molar-refractivity contribution in [2.75, 3.05) is 5.73 Å². The Kier molecular flexibility index (Phi) is 1.74. The van der Waals surface area contributed by atoms with Gasteiger partial charge < -0.3 is 5.73 Å². The van der Waals surface area contributed by atoms with Crippen LogP contribution in [0.2, 0.25) is 0 Å². The molecule has 0 radical (unpaired) electrons. The van der Waals surface area contributed by atoms with Crippen molar-refractivity contribution in [3.8, 4) is 0 Å². The molecule has 2 rings (SSSR count). The monoisotopic (exact) mass is 187 g/mol.